The van der Waals surface area contributed by atoms with Crippen molar-refractivity contribution < 1.29 is 8.02 Å². The monoisotopic (exact) mass is 310 g/mol. The van der Waals surface area contributed by atoms with E-state index in [9.17, 15) is 8.02 Å². The van der Waals surface area contributed by atoms with Gasteiger partial charge < -0.3 is 0 Å². The van der Waals surface area contributed by atoms with Crippen LogP contribution in [-0.2, 0) is 3.83 Å². The van der Waals surface area contributed by atoms with Crippen LogP contribution in [0, 0.1) is 0 Å². The standard InChI is InChI=1S/C3H2O2Se3/c4-8(5)3-6-1-2-7-3/h1-2H. The number of hydrogen-bond acceptors (Lipinski definition) is 2. The van der Waals surface area contributed by atoms with E-state index in [0.717, 1.165) is 2.21 Å². The summed E-state index contributed by atoms with van der Waals surface area (Å²) in [6.07, 6.45) is 0. The van der Waals surface area contributed by atoms with Crippen LogP contribution in [0.15, 0.2) is 9.88 Å². The summed E-state index contributed by atoms with van der Waals surface area (Å²) in [4.78, 5) is 3.96. The van der Waals surface area contributed by atoms with E-state index in [4.69, 9.17) is 0 Å². The molecule has 0 N–H and O–H groups in total. The summed E-state index contributed by atoms with van der Waals surface area (Å²) in [5.74, 6) is 0. The predicted molar refractivity (Wildman–Crippen MR) is 30.8 cm³/mol. The molecule has 0 aliphatic rings. The van der Waals surface area contributed by atoms with Crippen LogP contribution in [0.3, 0.4) is 0 Å². The fourth-order valence-corrected chi connectivity index (χ4v) is 7.37. The SMILES string of the molecule is O=[Se]([O-])c1[se]cc[se+]1. The molecule has 0 saturated carbocycles. The van der Waals surface area contributed by atoms with Crippen molar-refractivity contribution in [2.24, 2.45) is 0 Å². The second kappa shape index (κ2) is 3.19. The Morgan fingerprint density at radius 1 is 1.88 bits per heavy atom. The first kappa shape index (κ1) is 7.04. The van der Waals surface area contributed by atoms with Crippen LogP contribution < -0.4 is 6.40 Å². The van der Waals surface area contributed by atoms with Crippen molar-refractivity contribution in [2.45, 2.75) is 0 Å². The molecular formula is C3H2O2Se3. The van der Waals surface area contributed by atoms with E-state index < -0.39 is 14.2 Å². The summed E-state index contributed by atoms with van der Waals surface area (Å²) in [6, 6.07) is 0. The van der Waals surface area contributed by atoms with Gasteiger partial charge >= 0.3 is 63.3 Å². The average molecular weight is 307 g/mol. The zero-order valence-corrected chi connectivity index (χ0v) is 8.84. The van der Waals surface area contributed by atoms with E-state index >= 15 is 0 Å². The van der Waals surface area contributed by atoms with E-state index in [1.165, 1.54) is 0 Å². The van der Waals surface area contributed by atoms with Gasteiger partial charge in [0.05, 0.1) is 0 Å². The van der Waals surface area contributed by atoms with Gasteiger partial charge in [0, 0.05) is 0 Å². The molecule has 1 rings (SSSR count). The van der Waals surface area contributed by atoms with Crippen LogP contribution in [0.4, 0.5) is 0 Å². The maximum atomic E-state index is 10.3. The van der Waals surface area contributed by atoms with Crippen molar-refractivity contribution in [2.75, 3.05) is 0 Å². The molecule has 1 heterocycles. The van der Waals surface area contributed by atoms with Crippen LogP contribution in [0.1, 0.15) is 0 Å². The summed E-state index contributed by atoms with van der Waals surface area (Å²) < 4.78 is 21.3. The molecule has 0 amide bonds. The first-order valence-corrected chi connectivity index (χ1v) is 7.70. The molecule has 0 spiro atoms. The normalized spacial score (nSPS) is 13.6. The Hall–Kier alpha value is 0.928. The fraction of sp³-hybridized carbons (Fsp3) is 0. The van der Waals surface area contributed by atoms with Crippen LogP contribution in [0.2, 0.25) is 0 Å². The average Bonchev–Trinajstić information content (AvgIpc) is 2.12. The zero-order valence-electron chi connectivity index (χ0n) is 3.70. The first-order valence-electron chi connectivity index (χ1n) is 1.75. The Labute approximate surface area is 63.1 Å². The second-order valence-corrected chi connectivity index (χ2v) is 10.6. The molecule has 0 aliphatic heterocycles. The molecule has 0 fully saturated rings. The Kier molecular flexibility index (Phi) is 2.80. The van der Waals surface area contributed by atoms with Crippen LogP contribution in [0.25, 0.3) is 0 Å². The topological polar surface area (TPSA) is 40.1 Å². The van der Waals surface area contributed by atoms with Crippen molar-refractivity contribution in [1.82, 2.24) is 0 Å². The Bertz CT molecular complexity index is 180. The van der Waals surface area contributed by atoms with Gasteiger partial charge in [-0.2, -0.15) is 0 Å². The molecule has 0 saturated heterocycles. The van der Waals surface area contributed by atoms with Crippen LogP contribution in [0.5, 0.6) is 0 Å². The van der Waals surface area contributed by atoms with Crippen molar-refractivity contribution in [3.63, 3.8) is 0 Å². The molecule has 0 aromatic carbocycles. The second-order valence-electron chi connectivity index (χ2n) is 0.993. The minimum atomic E-state index is -2.70. The Morgan fingerprint density at radius 2 is 2.62 bits per heavy atom. The molecule has 1 aromatic rings. The molecule has 0 bridgehead atoms. The molecule has 0 radical (unpaired) electrons. The first-order chi connectivity index (χ1) is 3.80. The van der Waals surface area contributed by atoms with Crippen molar-refractivity contribution in [1.29, 1.82) is 0 Å². The molecule has 44 valence electrons. The summed E-state index contributed by atoms with van der Waals surface area (Å²) in [5, 5.41) is 0. The molecule has 8 heavy (non-hydrogen) atoms. The predicted octanol–water partition coefficient (Wildman–Crippen LogP) is -2.43. The molecule has 1 aromatic heterocycles. The molecule has 1 unspecified atom stereocenters. The Balaban J connectivity index is 2.93. The van der Waals surface area contributed by atoms with Gasteiger partial charge in [0.25, 0.3) is 0 Å². The quantitative estimate of drug-likeness (QED) is 0.541. The Morgan fingerprint density at radius 3 is 2.88 bits per heavy atom. The number of rotatable bonds is 1. The van der Waals surface area contributed by atoms with Gasteiger partial charge in [0.2, 0.25) is 0 Å². The van der Waals surface area contributed by atoms with E-state index in [1.54, 1.807) is 0 Å². The van der Waals surface area contributed by atoms with Gasteiger partial charge in [-0.25, -0.2) is 0 Å². The van der Waals surface area contributed by atoms with E-state index in [-0.39, 0.29) is 29.0 Å². The van der Waals surface area contributed by atoms with Crippen molar-refractivity contribution >= 4 is 45.4 Å². The van der Waals surface area contributed by atoms with Crippen molar-refractivity contribution in [3.8, 4) is 0 Å². The number of hydrogen-bond donors (Lipinski definition) is 0. The van der Waals surface area contributed by atoms with Gasteiger partial charge in [-0.15, -0.1) is 0 Å². The summed E-state index contributed by atoms with van der Waals surface area (Å²) >= 11 is -2.29. The molecule has 2 nitrogen and oxygen atoms in total. The van der Waals surface area contributed by atoms with Gasteiger partial charge in [0.15, 0.2) is 0 Å². The van der Waals surface area contributed by atoms with Gasteiger partial charge in [-0.05, 0) is 0 Å². The molecule has 5 heteroatoms. The summed E-state index contributed by atoms with van der Waals surface area (Å²) in [5.41, 5.74) is 0. The third-order valence-corrected chi connectivity index (χ3v) is 11.1. The van der Waals surface area contributed by atoms with Gasteiger partial charge in [-0.3, -0.25) is 0 Å². The molecular weight excluding hydrogens is 305 g/mol. The molecule has 0 aliphatic carbocycles. The van der Waals surface area contributed by atoms with Crippen LogP contribution in [-0.4, -0.2) is 43.2 Å². The van der Waals surface area contributed by atoms with Crippen molar-refractivity contribution in [3.05, 3.63) is 9.88 Å². The van der Waals surface area contributed by atoms with E-state index in [2.05, 4.69) is 0 Å². The minimum absolute atomic E-state index is 0.203. The zero-order chi connectivity index (χ0) is 5.98. The molecule has 1 atom stereocenters. The van der Waals surface area contributed by atoms with E-state index in [1.807, 2.05) is 9.88 Å². The fourth-order valence-electron chi connectivity index (χ4n) is 0.273. The third kappa shape index (κ3) is 1.71. The van der Waals surface area contributed by atoms with Gasteiger partial charge in [-0.1, -0.05) is 0 Å². The summed E-state index contributed by atoms with van der Waals surface area (Å²) in [6.45, 7) is 0. The van der Waals surface area contributed by atoms with E-state index in [0.29, 0.717) is 0 Å². The third-order valence-electron chi connectivity index (χ3n) is 0.520. The van der Waals surface area contributed by atoms with Crippen LogP contribution >= 0.6 is 0 Å². The van der Waals surface area contributed by atoms with Gasteiger partial charge in [0.1, 0.15) is 0 Å². The summed E-state index contributed by atoms with van der Waals surface area (Å²) in [7, 11) is 0. The maximum absolute atomic E-state index is 10.3.